The van der Waals surface area contributed by atoms with Gasteiger partial charge in [0, 0.05) is 51.4 Å². The zero-order valence-electron chi connectivity index (χ0n) is 16.7. The Morgan fingerprint density at radius 3 is 2.34 bits per heavy atom. The summed E-state index contributed by atoms with van der Waals surface area (Å²) in [6, 6.07) is 16.2. The number of hydrogen-bond acceptors (Lipinski definition) is 5. The molecule has 29 heavy (non-hydrogen) atoms. The van der Waals surface area contributed by atoms with Gasteiger partial charge in [0.15, 0.2) is 0 Å². The number of anilines is 1. The Labute approximate surface area is 172 Å². The van der Waals surface area contributed by atoms with Crippen LogP contribution in [0.2, 0.25) is 0 Å². The molecule has 8 heteroatoms. The van der Waals surface area contributed by atoms with Gasteiger partial charge in [0.1, 0.15) is 0 Å². The summed E-state index contributed by atoms with van der Waals surface area (Å²) < 4.78 is 26.8. The van der Waals surface area contributed by atoms with Gasteiger partial charge in [0.2, 0.25) is 15.9 Å². The molecule has 1 saturated heterocycles. The van der Waals surface area contributed by atoms with Gasteiger partial charge in [-0.2, -0.15) is 0 Å². The van der Waals surface area contributed by atoms with Gasteiger partial charge in [-0.05, 0) is 30.8 Å². The second-order valence-electron chi connectivity index (χ2n) is 7.16. The van der Waals surface area contributed by atoms with E-state index < -0.39 is 10.0 Å². The van der Waals surface area contributed by atoms with Crippen molar-refractivity contribution in [3.8, 4) is 0 Å². The van der Waals surface area contributed by atoms with Gasteiger partial charge in [0.05, 0.1) is 4.90 Å². The molecule has 2 aromatic carbocycles. The molecule has 0 atom stereocenters. The van der Waals surface area contributed by atoms with Crippen LogP contribution in [0.3, 0.4) is 0 Å². The van der Waals surface area contributed by atoms with E-state index in [9.17, 15) is 13.2 Å². The molecule has 0 aliphatic carbocycles. The molecule has 0 aromatic heterocycles. The molecule has 0 unspecified atom stereocenters. The summed E-state index contributed by atoms with van der Waals surface area (Å²) >= 11 is 0. The number of nitrogens with zero attached hydrogens (tertiary/aromatic N) is 2. The standard InChI is InChI=1S/C21H28N4O3S/c1-24-13-15-25(16-14-24)20-10-6-5-7-18(20)17-22-21(26)11-12-23-29(27,28)19-8-3-2-4-9-19/h2-10,23H,11-17H2,1H3,(H,22,26). The fraction of sp³-hybridized carbons (Fsp3) is 0.381. The van der Waals surface area contributed by atoms with Crippen molar-refractivity contribution in [3.05, 3.63) is 60.2 Å². The number of piperazine rings is 1. The lowest BCUT2D eigenvalue weighted by Crippen LogP contribution is -2.45. The molecule has 3 rings (SSSR count). The van der Waals surface area contributed by atoms with Gasteiger partial charge in [-0.1, -0.05) is 36.4 Å². The fourth-order valence-corrected chi connectivity index (χ4v) is 4.33. The summed E-state index contributed by atoms with van der Waals surface area (Å²) in [4.78, 5) is 17.0. The smallest absolute Gasteiger partial charge is 0.240 e. The van der Waals surface area contributed by atoms with Crippen LogP contribution >= 0.6 is 0 Å². The van der Waals surface area contributed by atoms with E-state index >= 15 is 0 Å². The van der Waals surface area contributed by atoms with Gasteiger partial charge in [-0.25, -0.2) is 13.1 Å². The average molecular weight is 417 g/mol. The number of rotatable bonds is 8. The second-order valence-corrected chi connectivity index (χ2v) is 8.92. The van der Waals surface area contributed by atoms with Gasteiger partial charge >= 0.3 is 0 Å². The highest BCUT2D eigenvalue weighted by Crippen LogP contribution is 2.21. The molecular weight excluding hydrogens is 388 g/mol. The number of benzene rings is 2. The third kappa shape index (κ3) is 6.03. The Balaban J connectivity index is 1.49. The van der Waals surface area contributed by atoms with Crippen molar-refractivity contribution in [1.82, 2.24) is 14.9 Å². The lowest BCUT2D eigenvalue weighted by atomic mass is 10.1. The van der Waals surface area contributed by atoms with Gasteiger partial charge < -0.3 is 15.1 Å². The van der Waals surface area contributed by atoms with Crippen molar-refractivity contribution in [2.45, 2.75) is 17.9 Å². The zero-order valence-corrected chi connectivity index (χ0v) is 17.5. The van der Waals surface area contributed by atoms with Crippen LogP contribution in [0.5, 0.6) is 0 Å². The van der Waals surface area contributed by atoms with E-state index in [0.29, 0.717) is 6.54 Å². The third-order valence-corrected chi connectivity index (χ3v) is 6.49. The Hall–Kier alpha value is -2.42. The van der Waals surface area contributed by atoms with Crippen molar-refractivity contribution >= 4 is 21.6 Å². The molecule has 7 nitrogen and oxygen atoms in total. The second kappa shape index (κ2) is 9.87. The predicted octanol–water partition coefficient (Wildman–Crippen LogP) is 1.42. The van der Waals surface area contributed by atoms with Crippen LogP contribution in [-0.2, 0) is 21.4 Å². The normalized spacial score (nSPS) is 15.3. The summed E-state index contributed by atoms with van der Waals surface area (Å²) in [5.74, 6) is -0.186. The Bertz CT molecular complexity index is 911. The Morgan fingerprint density at radius 2 is 1.62 bits per heavy atom. The van der Waals surface area contributed by atoms with Crippen LogP contribution in [0.25, 0.3) is 0 Å². The van der Waals surface area contributed by atoms with E-state index in [0.717, 1.165) is 37.4 Å². The molecule has 156 valence electrons. The largest absolute Gasteiger partial charge is 0.369 e. The molecule has 2 N–H and O–H groups in total. The molecule has 0 radical (unpaired) electrons. The van der Waals surface area contributed by atoms with Crippen molar-refractivity contribution in [1.29, 1.82) is 0 Å². The molecule has 2 aromatic rings. The first-order chi connectivity index (χ1) is 14.0. The average Bonchev–Trinajstić information content (AvgIpc) is 2.74. The van der Waals surface area contributed by atoms with Crippen molar-refractivity contribution in [2.75, 3.05) is 44.7 Å². The van der Waals surface area contributed by atoms with E-state index in [-0.39, 0.29) is 23.8 Å². The van der Waals surface area contributed by atoms with Crippen LogP contribution in [0.4, 0.5) is 5.69 Å². The van der Waals surface area contributed by atoms with Crippen LogP contribution < -0.4 is 14.9 Å². The minimum absolute atomic E-state index is 0.0587. The number of carbonyl (C=O) groups excluding carboxylic acids is 1. The summed E-state index contributed by atoms with van der Waals surface area (Å²) in [6.07, 6.45) is 0.0861. The first-order valence-electron chi connectivity index (χ1n) is 9.78. The maximum Gasteiger partial charge on any atom is 0.240 e. The van der Waals surface area contributed by atoms with E-state index in [1.165, 1.54) is 12.1 Å². The minimum atomic E-state index is -3.59. The SMILES string of the molecule is CN1CCN(c2ccccc2CNC(=O)CCNS(=O)(=O)c2ccccc2)CC1. The van der Waals surface area contributed by atoms with Gasteiger partial charge in [0.25, 0.3) is 0 Å². The number of hydrogen-bond donors (Lipinski definition) is 2. The number of carbonyl (C=O) groups is 1. The monoisotopic (exact) mass is 416 g/mol. The topological polar surface area (TPSA) is 81.8 Å². The molecule has 0 spiro atoms. The molecule has 0 bridgehead atoms. The first kappa shape index (κ1) is 21.3. The third-order valence-electron chi connectivity index (χ3n) is 5.01. The van der Waals surface area contributed by atoms with E-state index in [1.54, 1.807) is 18.2 Å². The summed E-state index contributed by atoms with van der Waals surface area (Å²) in [6.45, 7) is 4.44. The van der Waals surface area contributed by atoms with Gasteiger partial charge in [-0.15, -0.1) is 0 Å². The molecular formula is C21H28N4O3S. The number of amides is 1. The van der Waals surface area contributed by atoms with E-state index in [4.69, 9.17) is 0 Å². The lowest BCUT2D eigenvalue weighted by molar-refractivity contribution is -0.121. The maximum absolute atomic E-state index is 12.2. The highest BCUT2D eigenvalue weighted by Gasteiger charge is 2.17. The summed E-state index contributed by atoms with van der Waals surface area (Å²) in [5.41, 5.74) is 2.21. The molecule has 1 aliphatic heterocycles. The van der Waals surface area contributed by atoms with E-state index in [2.05, 4.69) is 33.0 Å². The highest BCUT2D eigenvalue weighted by molar-refractivity contribution is 7.89. The summed E-state index contributed by atoms with van der Waals surface area (Å²) in [7, 11) is -1.47. The first-order valence-corrected chi connectivity index (χ1v) is 11.3. The van der Waals surface area contributed by atoms with Crippen LogP contribution in [0.1, 0.15) is 12.0 Å². The number of para-hydroxylation sites is 1. The minimum Gasteiger partial charge on any atom is -0.369 e. The van der Waals surface area contributed by atoms with Crippen LogP contribution in [0, 0.1) is 0 Å². The van der Waals surface area contributed by atoms with Gasteiger partial charge in [-0.3, -0.25) is 4.79 Å². The number of likely N-dealkylation sites (N-methyl/N-ethyl adjacent to an activating group) is 1. The predicted molar refractivity (Wildman–Crippen MR) is 114 cm³/mol. The summed E-state index contributed by atoms with van der Waals surface area (Å²) in [5, 5.41) is 2.90. The fourth-order valence-electron chi connectivity index (χ4n) is 3.28. The van der Waals surface area contributed by atoms with Crippen LogP contribution in [0.15, 0.2) is 59.5 Å². The van der Waals surface area contributed by atoms with Crippen molar-refractivity contribution in [3.63, 3.8) is 0 Å². The van der Waals surface area contributed by atoms with E-state index in [1.807, 2.05) is 18.2 Å². The molecule has 1 fully saturated rings. The highest BCUT2D eigenvalue weighted by atomic mass is 32.2. The molecule has 1 aliphatic rings. The Morgan fingerprint density at radius 1 is 0.966 bits per heavy atom. The van der Waals surface area contributed by atoms with Crippen molar-refractivity contribution < 1.29 is 13.2 Å². The Kier molecular flexibility index (Phi) is 7.24. The van der Waals surface area contributed by atoms with Crippen LogP contribution in [-0.4, -0.2) is 59.0 Å². The lowest BCUT2D eigenvalue weighted by Gasteiger charge is -2.35. The quantitative estimate of drug-likeness (QED) is 0.680. The molecule has 0 saturated carbocycles. The molecule has 1 heterocycles. The zero-order chi connectivity index (χ0) is 20.7. The number of nitrogens with one attached hydrogen (secondary N) is 2. The maximum atomic E-state index is 12.2. The molecule has 1 amide bonds. The van der Waals surface area contributed by atoms with Crippen molar-refractivity contribution in [2.24, 2.45) is 0 Å². The number of sulfonamides is 1.